The summed E-state index contributed by atoms with van der Waals surface area (Å²) in [5, 5.41) is 11.7. The number of methoxy groups -OCH3 is 2. The van der Waals surface area contributed by atoms with E-state index in [1.54, 1.807) is 20.3 Å². The van der Waals surface area contributed by atoms with Crippen molar-refractivity contribution in [1.82, 2.24) is 4.98 Å². The van der Waals surface area contributed by atoms with E-state index in [1.165, 1.54) is 0 Å². The van der Waals surface area contributed by atoms with Crippen LogP contribution in [0.5, 0.6) is 17.2 Å². The molecule has 0 atom stereocenters. The molecule has 18 heavy (non-hydrogen) atoms. The number of hydrogen-bond acceptors (Lipinski definition) is 3. The van der Waals surface area contributed by atoms with Gasteiger partial charge >= 0.3 is 0 Å². The highest BCUT2D eigenvalue weighted by Gasteiger charge is 2.13. The lowest BCUT2D eigenvalue weighted by molar-refractivity contribution is 0.378. The molecule has 0 saturated carbocycles. The number of rotatable bonds is 2. The van der Waals surface area contributed by atoms with E-state index >= 15 is 0 Å². The van der Waals surface area contributed by atoms with Crippen LogP contribution in [0.3, 0.4) is 0 Å². The van der Waals surface area contributed by atoms with Crippen molar-refractivity contribution in [2.24, 2.45) is 0 Å². The molecule has 0 spiro atoms. The van der Waals surface area contributed by atoms with Crippen LogP contribution in [0.15, 0.2) is 30.3 Å². The van der Waals surface area contributed by atoms with Crippen LogP contribution in [0.4, 0.5) is 0 Å². The average Bonchev–Trinajstić information content (AvgIpc) is 2.76. The van der Waals surface area contributed by atoms with Gasteiger partial charge in [-0.1, -0.05) is 0 Å². The van der Waals surface area contributed by atoms with Gasteiger partial charge in [-0.05, 0) is 30.3 Å². The van der Waals surface area contributed by atoms with Crippen molar-refractivity contribution >= 4 is 21.8 Å². The third kappa shape index (κ3) is 1.39. The van der Waals surface area contributed by atoms with E-state index in [9.17, 15) is 5.11 Å². The van der Waals surface area contributed by atoms with Crippen molar-refractivity contribution < 1.29 is 14.6 Å². The molecule has 0 unspecified atom stereocenters. The lowest BCUT2D eigenvalue weighted by atomic mass is 10.1. The Morgan fingerprint density at radius 3 is 2.50 bits per heavy atom. The van der Waals surface area contributed by atoms with E-state index < -0.39 is 0 Å². The van der Waals surface area contributed by atoms with E-state index in [4.69, 9.17) is 9.47 Å². The number of phenols is 1. The fourth-order valence-electron chi connectivity index (χ4n) is 2.26. The van der Waals surface area contributed by atoms with Gasteiger partial charge in [-0.2, -0.15) is 0 Å². The molecule has 0 aliphatic heterocycles. The van der Waals surface area contributed by atoms with Gasteiger partial charge in [0.1, 0.15) is 5.75 Å². The molecule has 0 bridgehead atoms. The molecule has 4 heteroatoms. The first kappa shape index (κ1) is 10.8. The summed E-state index contributed by atoms with van der Waals surface area (Å²) in [5.74, 6) is 1.38. The van der Waals surface area contributed by atoms with Gasteiger partial charge in [-0.3, -0.25) is 0 Å². The Labute approximate surface area is 104 Å². The second-order valence-electron chi connectivity index (χ2n) is 4.08. The first-order valence-electron chi connectivity index (χ1n) is 5.60. The van der Waals surface area contributed by atoms with E-state index in [1.807, 2.05) is 24.3 Å². The number of ether oxygens (including phenoxy) is 2. The predicted octanol–water partition coefficient (Wildman–Crippen LogP) is 3.04. The Balaban J connectivity index is 2.48. The molecule has 3 rings (SSSR count). The summed E-state index contributed by atoms with van der Waals surface area (Å²) in [6, 6.07) is 9.22. The van der Waals surface area contributed by atoms with E-state index in [2.05, 4.69) is 4.98 Å². The van der Waals surface area contributed by atoms with Gasteiger partial charge in [0.15, 0.2) is 11.5 Å². The zero-order valence-electron chi connectivity index (χ0n) is 10.2. The molecule has 3 aromatic rings. The highest BCUT2D eigenvalue weighted by atomic mass is 16.5. The minimum atomic E-state index is 0.133. The minimum Gasteiger partial charge on any atom is -0.504 e. The minimum absolute atomic E-state index is 0.133. The van der Waals surface area contributed by atoms with Crippen molar-refractivity contribution in [3.63, 3.8) is 0 Å². The zero-order chi connectivity index (χ0) is 12.7. The quantitative estimate of drug-likeness (QED) is 0.727. The molecule has 1 heterocycles. The molecule has 0 radical (unpaired) electrons. The highest BCUT2D eigenvalue weighted by molar-refractivity contribution is 6.11. The van der Waals surface area contributed by atoms with Crippen LogP contribution < -0.4 is 9.47 Å². The third-order valence-corrected chi connectivity index (χ3v) is 3.11. The molecule has 2 N–H and O–H groups in total. The summed E-state index contributed by atoms with van der Waals surface area (Å²) < 4.78 is 10.5. The summed E-state index contributed by atoms with van der Waals surface area (Å²) >= 11 is 0. The molecule has 0 saturated heterocycles. The maximum Gasteiger partial charge on any atom is 0.170 e. The van der Waals surface area contributed by atoms with E-state index in [0.29, 0.717) is 5.75 Å². The molecular formula is C14H13NO3. The monoisotopic (exact) mass is 243 g/mol. The van der Waals surface area contributed by atoms with Crippen LogP contribution in [0, 0.1) is 0 Å². The van der Waals surface area contributed by atoms with Crippen molar-refractivity contribution in [3.05, 3.63) is 30.3 Å². The Kier molecular flexibility index (Phi) is 2.30. The van der Waals surface area contributed by atoms with Crippen molar-refractivity contribution in [2.45, 2.75) is 0 Å². The predicted molar refractivity (Wildman–Crippen MR) is 70.6 cm³/mol. The smallest absolute Gasteiger partial charge is 0.170 e. The topological polar surface area (TPSA) is 54.5 Å². The number of aromatic hydroxyl groups is 1. The van der Waals surface area contributed by atoms with Crippen LogP contribution in [0.2, 0.25) is 0 Å². The van der Waals surface area contributed by atoms with Crippen LogP contribution >= 0.6 is 0 Å². The molecule has 0 aliphatic carbocycles. The van der Waals surface area contributed by atoms with Gasteiger partial charge in [0.25, 0.3) is 0 Å². The average molecular weight is 243 g/mol. The fourth-order valence-corrected chi connectivity index (χ4v) is 2.26. The molecule has 4 nitrogen and oxygen atoms in total. The fraction of sp³-hybridized carbons (Fsp3) is 0.143. The van der Waals surface area contributed by atoms with Gasteiger partial charge in [-0.25, -0.2) is 0 Å². The number of phenolic OH excluding ortho intramolecular Hbond substituents is 1. The van der Waals surface area contributed by atoms with Gasteiger partial charge < -0.3 is 19.6 Å². The molecule has 1 aromatic heterocycles. The number of H-pyrrole nitrogens is 1. The highest BCUT2D eigenvalue weighted by Crippen LogP contribution is 2.39. The third-order valence-electron chi connectivity index (χ3n) is 3.11. The van der Waals surface area contributed by atoms with Gasteiger partial charge in [0.05, 0.1) is 25.1 Å². The largest absolute Gasteiger partial charge is 0.504 e. The number of aromatic amines is 1. The second kappa shape index (κ2) is 3.84. The van der Waals surface area contributed by atoms with Crippen LogP contribution in [0.1, 0.15) is 0 Å². The molecule has 0 fully saturated rings. The van der Waals surface area contributed by atoms with Gasteiger partial charge in [0, 0.05) is 10.9 Å². The lowest BCUT2D eigenvalue weighted by Gasteiger charge is -2.05. The summed E-state index contributed by atoms with van der Waals surface area (Å²) in [7, 11) is 3.18. The lowest BCUT2D eigenvalue weighted by Crippen LogP contribution is -1.85. The van der Waals surface area contributed by atoms with Crippen molar-refractivity contribution in [1.29, 1.82) is 0 Å². The van der Waals surface area contributed by atoms with Crippen molar-refractivity contribution in [2.75, 3.05) is 14.2 Å². The number of nitrogens with one attached hydrogen (secondary N) is 1. The summed E-state index contributed by atoms with van der Waals surface area (Å²) in [4.78, 5) is 3.28. The van der Waals surface area contributed by atoms with Crippen molar-refractivity contribution in [3.8, 4) is 17.2 Å². The SMILES string of the molecule is COc1ccc2[nH]c3ccc(O)c(OC)c3c2c1. The summed E-state index contributed by atoms with van der Waals surface area (Å²) in [6.45, 7) is 0. The molecule has 92 valence electrons. The summed E-state index contributed by atoms with van der Waals surface area (Å²) in [5.41, 5.74) is 1.91. The first-order valence-corrected chi connectivity index (χ1v) is 5.60. The van der Waals surface area contributed by atoms with E-state index in [0.717, 1.165) is 27.6 Å². The van der Waals surface area contributed by atoms with Crippen LogP contribution in [0.25, 0.3) is 21.8 Å². The Bertz CT molecular complexity index is 731. The molecule has 0 amide bonds. The number of fused-ring (bicyclic) bond motifs is 3. The second-order valence-corrected chi connectivity index (χ2v) is 4.08. The Morgan fingerprint density at radius 2 is 1.78 bits per heavy atom. The standard InChI is InChI=1S/C14H13NO3/c1-17-8-3-4-10-9(7-8)13-11(15-10)5-6-12(16)14(13)18-2/h3-7,15-16H,1-2H3. The molecular weight excluding hydrogens is 230 g/mol. The summed E-state index contributed by atoms with van der Waals surface area (Å²) in [6.07, 6.45) is 0. The van der Waals surface area contributed by atoms with Gasteiger partial charge in [-0.15, -0.1) is 0 Å². The van der Waals surface area contributed by atoms with Crippen LogP contribution in [-0.2, 0) is 0 Å². The maximum absolute atomic E-state index is 9.84. The zero-order valence-corrected chi connectivity index (χ0v) is 10.2. The number of hydrogen-bond donors (Lipinski definition) is 2. The first-order chi connectivity index (χ1) is 8.74. The van der Waals surface area contributed by atoms with Crippen LogP contribution in [-0.4, -0.2) is 24.3 Å². The maximum atomic E-state index is 9.84. The number of aromatic nitrogens is 1. The Morgan fingerprint density at radius 1 is 1.00 bits per heavy atom. The normalized spacial score (nSPS) is 11.0. The number of benzene rings is 2. The van der Waals surface area contributed by atoms with E-state index in [-0.39, 0.29) is 5.75 Å². The molecule has 0 aliphatic rings. The Hall–Kier alpha value is -2.36. The molecule has 2 aromatic carbocycles. The van der Waals surface area contributed by atoms with Gasteiger partial charge in [0.2, 0.25) is 0 Å².